The number of amides is 1. The Bertz CT molecular complexity index is 749. The minimum Gasteiger partial charge on any atom is -0.357 e. The third-order valence-electron chi connectivity index (χ3n) is 3.71. The van der Waals surface area contributed by atoms with Crippen LogP contribution in [0, 0.1) is 0 Å². The molecule has 0 unspecified atom stereocenters. The van der Waals surface area contributed by atoms with Crippen LogP contribution in [-0.4, -0.2) is 36.0 Å². The highest BCUT2D eigenvalue weighted by Crippen LogP contribution is 2.30. The zero-order valence-electron chi connectivity index (χ0n) is 13.2. The van der Waals surface area contributed by atoms with Gasteiger partial charge >= 0.3 is 0 Å². The number of carbonyl (C=O) groups is 1. The Kier molecular flexibility index (Phi) is 3.79. The van der Waals surface area contributed by atoms with Crippen molar-refractivity contribution in [1.82, 2.24) is 9.97 Å². The van der Waals surface area contributed by atoms with Crippen molar-refractivity contribution in [3.63, 3.8) is 0 Å². The molecule has 22 heavy (non-hydrogen) atoms. The van der Waals surface area contributed by atoms with Crippen molar-refractivity contribution in [3.05, 3.63) is 35.9 Å². The molecule has 0 spiro atoms. The second-order valence-corrected chi connectivity index (χ2v) is 5.85. The Morgan fingerprint density at radius 2 is 1.73 bits per heavy atom. The smallest absolute Gasteiger partial charge is 0.252 e. The molecule has 1 aliphatic heterocycles. The van der Waals surface area contributed by atoms with Crippen molar-refractivity contribution >= 4 is 28.6 Å². The SMILES string of the molecule is CC(C)=CC(=O)N1CCCN(C)c2nc3ccccc3nc21. The minimum absolute atomic E-state index is 0.0267. The molecule has 1 aromatic carbocycles. The molecule has 2 aromatic rings. The number of carbonyl (C=O) groups excluding carboxylic acids is 1. The van der Waals surface area contributed by atoms with Crippen LogP contribution in [0.15, 0.2) is 35.9 Å². The van der Waals surface area contributed by atoms with Crippen molar-refractivity contribution in [2.75, 3.05) is 29.9 Å². The third kappa shape index (κ3) is 2.66. The molecule has 0 atom stereocenters. The van der Waals surface area contributed by atoms with Crippen LogP contribution in [0.4, 0.5) is 11.6 Å². The minimum atomic E-state index is -0.0267. The Balaban J connectivity index is 2.16. The number of rotatable bonds is 1. The van der Waals surface area contributed by atoms with E-state index in [2.05, 4.69) is 4.90 Å². The van der Waals surface area contributed by atoms with Gasteiger partial charge in [0.15, 0.2) is 11.6 Å². The van der Waals surface area contributed by atoms with E-state index in [4.69, 9.17) is 9.97 Å². The van der Waals surface area contributed by atoms with Gasteiger partial charge in [0.05, 0.1) is 11.0 Å². The molecule has 0 aliphatic carbocycles. The summed E-state index contributed by atoms with van der Waals surface area (Å²) in [7, 11) is 2.00. The Morgan fingerprint density at radius 1 is 1.09 bits per heavy atom. The van der Waals surface area contributed by atoms with Crippen LogP contribution >= 0.6 is 0 Å². The second kappa shape index (κ2) is 5.75. The molecule has 1 aromatic heterocycles. The van der Waals surface area contributed by atoms with Gasteiger partial charge in [-0.25, -0.2) is 9.97 Å². The Labute approximate surface area is 130 Å². The molecular formula is C17H20N4O. The molecule has 0 bridgehead atoms. The predicted molar refractivity (Wildman–Crippen MR) is 89.2 cm³/mol. The molecular weight excluding hydrogens is 276 g/mol. The molecule has 0 N–H and O–H groups in total. The maximum atomic E-state index is 12.5. The van der Waals surface area contributed by atoms with Crippen molar-refractivity contribution in [3.8, 4) is 0 Å². The van der Waals surface area contributed by atoms with E-state index in [1.165, 1.54) is 0 Å². The van der Waals surface area contributed by atoms with Gasteiger partial charge in [0, 0.05) is 26.2 Å². The number of para-hydroxylation sites is 2. The summed E-state index contributed by atoms with van der Waals surface area (Å²) in [5, 5.41) is 0. The molecule has 1 aliphatic rings. The highest BCUT2D eigenvalue weighted by Gasteiger charge is 2.25. The number of hydrogen-bond donors (Lipinski definition) is 0. The summed E-state index contributed by atoms with van der Waals surface area (Å²) in [6.07, 6.45) is 2.55. The van der Waals surface area contributed by atoms with Crippen molar-refractivity contribution < 1.29 is 4.79 Å². The van der Waals surface area contributed by atoms with Gasteiger partial charge in [-0.1, -0.05) is 17.7 Å². The Morgan fingerprint density at radius 3 is 2.36 bits per heavy atom. The maximum Gasteiger partial charge on any atom is 0.252 e. The molecule has 0 saturated heterocycles. The maximum absolute atomic E-state index is 12.5. The quantitative estimate of drug-likeness (QED) is 0.759. The van der Waals surface area contributed by atoms with Crippen molar-refractivity contribution in [2.24, 2.45) is 0 Å². The van der Waals surface area contributed by atoms with Gasteiger partial charge in [-0.05, 0) is 32.4 Å². The number of hydrogen-bond acceptors (Lipinski definition) is 4. The van der Waals surface area contributed by atoms with E-state index in [1.54, 1.807) is 11.0 Å². The highest BCUT2D eigenvalue weighted by molar-refractivity contribution is 6.03. The summed E-state index contributed by atoms with van der Waals surface area (Å²) in [4.78, 5) is 25.8. The average Bonchev–Trinajstić information content (AvgIpc) is 2.64. The van der Waals surface area contributed by atoms with Crippen LogP contribution in [0.2, 0.25) is 0 Å². The lowest BCUT2D eigenvalue weighted by molar-refractivity contribution is -0.114. The highest BCUT2D eigenvalue weighted by atomic mass is 16.2. The summed E-state index contributed by atoms with van der Waals surface area (Å²) in [5.41, 5.74) is 2.65. The van der Waals surface area contributed by atoms with Crippen molar-refractivity contribution in [2.45, 2.75) is 20.3 Å². The van der Waals surface area contributed by atoms with Gasteiger partial charge in [-0.3, -0.25) is 9.69 Å². The van der Waals surface area contributed by atoms with Crippen LogP contribution in [0.25, 0.3) is 11.0 Å². The molecule has 0 radical (unpaired) electrons. The van der Waals surface area contributed by atoms with Crippen LogP contribution in [-0.2, 0) is 4.79 Å². The molecule has 3 rings (SSSR count). The van der Waals surface area contributed by atoms with Gasteiger partial charge in [0.1, 0.15) is 0 Å². The molecule has 1 amide bonds. The van der Waals surface area contributed by atoms with Gasteiger partial charge in [-0.2, -0.15) is 0 Å². The molecule has 5 nitrogen and oxygen atoms in total. The first-order chi connectivity index (χ1) is 10.6. The largest absolute Gasteiger partial charge is 0.357 e. The van der Waals surface area contributed by atoms with Gasteiger partial charge in [0.25, 0.3) is 5.91 Å². The van der Waals surface area contributed by atoms with Crippen LogP contribution in [0.3, 0.4) is 0 Å². The van der Waals surface area contributed by atoms with Crippen LogP contribution in [0.1, 0.15) is 20.3 Å². The van der Waals surface area contributed by atoms with Crippen LogP contribution in [0.5, 0.6) is 0 Å². The first-order valence-electron chi connectivity index (χ1n) is 7.50. The van der Waals surface area contributed by atoms with Crippen LogP contribution < -0.4 is 9.80 Å². The normalized spacial score (nSPS) is 14.5. The fraction of sp³-hybridized carbons (Fsp3) is 0.353. The molecule has 5 heteroatoms. The zero-order valence-corrected chi connectivity index (χ0v) is 13.2. The fourth-order valence-corrected chi connectivity index (χ4v) is 2.64. The number of aromatic nitrogens is 2. The van der Waals surface area contributed by atoms with E-state index in [1.807, 2.05) is 45.2 Å². The van der Waals surface area contributed by atoms with E-state index < -0.39 is 0 Å². The summed E-state index contributed by atoms with van der Waals surface area (Å²) < 4.78 is 0. The van der Waals surface area contributed by atoms with Gasteiger partial charge in [-0.15, -0.1) is 0 Å². The number of nitrogens with zero attached hydrogens (tertiary/aromatic N) is 4. The van der Waals surface area contributed by atoms with E-state index >= 15 is 0 Å². The number of fused-ring (bicyclic) bond motifs is 2. The second-order valence-electron chi connectivity index (χ2n) is 5.85. The average molecular weight is 296 g/mol. The van der Waals surface area contributed by atoms with E-state index in [0.717, 1.165) is 35.4 Å². The lowest BCUT2D eigenvalue weighted by atomic mass is 10.2. The molecule has 114 valence electrons. The van der Waals surface area contributed by atoms with E-state index in [-0.39, 0.29) is 5.91 Å². The van der Waals surface area contributed by atoms with Crippen molar-refractivity contribution in [1.29, 1.82) is 0 Å². The van der Waals surface area contributed by atoms with E-state index in [0.29, 0.717) is 12.4 Å². The fourth-order valence-electron chi connectivity index (χ4n) is 2.64. The first kappa shape index (κ1) is 14.5. The first-order valence-corrected chi connectivity index (χ1v) is 7.50. The molecule has 0 saturated carbocycles. The standard InChI is InChI=1S/C17H20N4O/c1-12(2)11-15(22)21-10-6-9-20(3)16-17(21)19-14-8-5-4-7-13(14)18-16/h4-5,7-8,11H,6,9-10H2,1-3H3. The summed E-state index contributed by atoms with van der Waals surface area (Å²) in [6.45, 7) is 5.37. The van der Waals surface area contributed by atoms with E-state index in [9.17, 15) is 4.79 Å². The van der Waals surface area contributed by atoms with Gasteiger partial charge < -0.3 is 4.90 Å². The third-order valence-corrected chi connectivity index (χ3v) is 3.71. The molecule has 2 heterocycles. The molecule has 0 fully saturated rings. The predicted octanol–water partition coefficient (Wildman–Crippen LogP) is 2.77. The summed E-state index contributed by atoms with van der Waals surface area (Å²) in [6, 6.07) is 7.76. The summed E-state index contributed by atoms with van der Waals surface area (Å²) >= 11 is 0. The lowest BCUT2D eigenvalue weighted by Crippen LogP contribution is -2.31. The number of anilines is 2. The monoisotopic (exact) mass is 296 g/mol. The number of benzene rings is 1. The van der Waals surface area contributed by atoms with Gasteiger partial charge in [0.2, 0.25) is 0 Å². The lowest BCUT2D eigenvalue weighted by Gasteiger charge is -2.22. The topological polar surface area (TPSA) is 49.3 Å². The Hall–Kier alpha value is -2.43. The zero-order chi connectivity index (χ0) is 15.7. The number of allylic oxidation sites excluding steroid dienone is 1. The summed E-state index contributed by atoms with van der Waals surface area (Å²) in [5.74, 6) is 1.40.